The molecule has 170 valence electrons. The summed E-state index contributed by atoms with van der Waals surface area (Å²) in [6.07, 6.45) is 2.83. The van der Waals surface area contributed by atoms with Crippen LogP contribution in [0.1, 0.15) is 25.7 Å². The van der Waals surface area contributed by atoms with E-state index in [1.807, 2.05) is 7.11 Å². The molecule has 5 saturated carbocycles. The van der Waals surface area contributed by atoms with Crippen LogP contribution >= 0.6 is 0 Å². The van der Waals surface area contributed by atoms with Gasteiger partial charge in [0.25, 0.3) is 0 Å². The van der Waals surface area contributed by atoms with Crippen molar-refractivity contribution in [2.24, 2.45) is 40.4 Å². The summed E-state index contributed by atoms with van der Waals surface area (Å²) in [5, 5.41) is 27.7. The quantitative estimate of drug-likeness (QED) is 0.591. The highest BCUT2D eigenvalue weighted by Gasteiger charge is 2.85. The van der Waals surface area contributed by atoms with Crippen molar-refractivity contribution in [2.45, 2.75) is 61.7 Å². The third kappa shape index (κ3) is 1.95. The summed E-state index contributed by atoms with van der Waals surface area (Å²) in [6.45, 7) is 1.57. The Morgan fingerprint density at radius 1 is 1.07 bits per heavy atom. The first-order valence-electron chi connectivity index (χ1n) is 11.7. The van der Waals surface area contributed by atoms with Gasteiger partial charge in [0.05, 0.1) is 36.6 Å². The van der Waals surface area contributed by atoms with Gasteiger partial charge in [0.15, 0.2) is 0 Å². The van der Waals surface area contributed by atoms with Crippen molar-refractivity contribution in [1.29, 1.82) is 0 Å². The molecule has 5 unspecified atom stereocenters. The summed E-state index contributed by atoms with van der Waals surface area (Å²) in [5.41, 5.74) is -1.20. The van der Waals surface area contributed by atoms with E-state index in [2.05, 4.69) is 5.32 Å². The lowest BCUT2D eigenvalue weighted by atomic mass is 9.43. The molecule has 1 aliphatic heterocycles. The number of fused-ring (bicyclic) bond motifs is 2. The molecular weight excluding hydrogens is 386 g/mol. The molecule has 1 saturated heterocycles. The van der Waals surface area contributed by atoms with Gasteiger partial charge in [-0.2, -0.15) is 0 Å². The zero-order valence-electron chi connectivity index (χ0n) is 18.5. The molecule has 7 bridgehead atoms. The molecular formula is C23H37NO6. The van der Waals surface area contributed by atoms with Crippen molar-refractivity contribution >= 4 is 0 Å². The number of aliphatic hydroxyl groups is 2. The fourth-order valence-electron chi connectivity index (χ4n) is 10.3. The van der Waals surface area contributed by atoms with E-state index in [-0.39, 0.29) is 64.8 Å². The van der Waals surface area contributed by atoms with Crippen LogP contribution in [0.15, 0.2) is 0 Å². The minimum atomic E-state index is -1.000. The number of hydrogen-bond acceptors (Lipinski definition) is 7. The van der Waals surface area contributed by atoms with Gasteiger partial charge in [-0.05, 0) is 25.2 Å². The lowest BCUT2D eigenvalue weighted by Gasteiger charge is -2.66. The van der Waals surface area contributed by atoms with Crippen LogP contribution < -0.4 is 5.32 Å². The lowest BCUT2D eigenvalue weighted by molar-refractivity contribution is -0.250. The number of aliphatic hydroxyl groups excluding tert-OH is 1. The maximum atomic E-state index is 12.4. The van der Waals surface area contributed by atoms with E-state index < -0.39 is 11.7 Å². The second-order valence-corrected chi connectivity index (χ2v) is 11.1. The molecule has 7 heteroatoms. The molecule has 0 aromatic rings. The fraction of sp³-hybridized carbons (Fsp3) is 1.00. The minimum Gasteiger partial charge on any atom is -0.392 e. The third-order valence-electron chi connectivity index (χ3n) is 10.8. The fourth-order valence-corrected chi connectivity index (χ4v) is 10.3. The summed E-state index contributed by atoms with van der Waals surface area (Å²) in [6, 6.07) is 0.121. The molecule has 30 heavy (non-hydrogen) atoms. The molecule has 7 nitrogen and oxygen atoms in total. The smallest absolute Gasteiger partial charge is 0.0796 e. The van der Waals surface area contributed by atoms with E-state index in [4.69, 9.17) is 18.9 Å². The first-order valence-corrected chi connectivity index (χ1v) is 11.7. The van der Waals surface area contributed by atoms with Crippen LogP contribution in [0.5, 0.6) is 0 Å². The van der Waals surface area contributed by atoms with Gasteiger partial charge in [0.2, 0.25) is 0 Å². The highest BCUT2D eigenvalue weighted by Crippen LogP contribution is 2.78. The van der Waals surface area contributed by atoms with E-state index in [9.17, 15) is 10.2 Å². The van der Waals surface area contributed by atoms with Crippen LogP contribution in [0.3, 0.4) is 0 Å². The van der Waals surface area contributed by atoms with Crippen LogP contribution in [0.25, 0.3) is 0 Å². The van der Waals surface area contributed by atoms with Gasteiger partial charge in [-0.25, -0.2) is 0 Å². The van der Waals surface area contributed by atoms with Gasteiger partial charge in [-0.3, -0.25) is 0 Å². The summed E-state index contributed by atoms with van der Waals surface area (Å²) < 4.78 is 24.2. The van der Waals surface area contributed by atoms with Crippen molar-refractivity contribution in [2.75, 3.05) is 41.6 Å². The van der Waals surface area contributed by atoms with E-state index in [0.29, 0.717) is 13.0 Å². The van der Waals surface area contributed by atoms with Crippen LogP contribution in [0.2, 0.25) is 0 Å². The monoisotopic (exact) mass is 423 g/mol. The number of hydrogen-bond donors (Lipinski definition) is 3. The predicted molar refractivity (Wildman–Crippen MR) is 108 cm³/mol. The Kier molecular flexibility index (Phi) is 4.34. The topological polar surface area (TPSA) is 89.4 Å². The molecule has 6 rings (SSSR count). The lowest BCUT2D eigenvalue weighted by Crippen LogP contribution is -2.76. The molecule has 1 spiro atoms. The standard InChI is InChI=1S/C23H37NO6/c1-27-10-21-6-5-14(29-3)23-12-7-11-13(28-2)8-22(26,15(12)17(11)25)16(20(23)24-9-21)18(30-4)19(21)23/h11-20,24-26H,5-10H2,1-4H3/t11?,12-,13+,14+,15-,16?,17+,18+,19-,20?,21+,22?,23?/m1/s1. The molecule has 5 aliphatic carbocycles. The molecule has 0 aromatic carbocycles. The van der Waals surface area contributed by atoms with Gasteiger partial charge in [-0.15, -0.1) is 0 Å². The molecule has 0 radical (unpaired) electrons. The molecule has 0 aromatic heterocycles. The Morgan fingerprint density at radius 2 is 1.87 bits per heavy atom. The van der Waals surface area contributed by atoms with E-state index in [1.165, 1.54) is 0 Å². The van der Waals surface area contributed by atoms with Gasteiger partial charge in [-0.1, -0.05) is 0 Å². The summed E-state index contributed by atoms with van der Waals surface area (Å²) in [7, 11) is 7.14. The highest BCUT2D eigenvalue weighted by atomic mass is 16.5. The number of methoxy groups -OCH3 is 4. The van der Waals surface area contributed by atoms with E-state index in [0.717, 1.165) is 25.8 Å². The summed E-state index contributed by atoms with van der Waals surface area (Å²) in [5.74, 6) is 0.278. The van der Waals surface area contributed by atoms with Crippen molar-refractivity contribution in [3.05, 3.63) is 0 Å². The number of nitrogens with one attached hydrogen (secondary N) is 1. The van der Waals surface area contributed by atoms with E-state index >= 15 is 0 Å². The Morgan fingerprint density at radius 3 is 2.53 bits per heavy atom. The van der Waals surface area contributed by atoms with Crippen molar-refractivity contribution in [1.82, 2.24) is 5.32 Å². The molecule has 13 atom stereocenters. The highest BCUT2D eigenvalue weighted by molar-refractivity contribution is 5.35. The van der Waals surface area contributed by atoms with Crippen LogP contribution in [0.4, 0.5) is 0 Å². The molecule has 0 amide bonds. The first-order chi connectivity index (χ1) is 14.4. The second kappa shape index (κ2) is 6.40. The second-order valence-electron chi connectivity index (χ2n) is 11.1. The first kappa shape index (κ1) is 20.3. The Bertz CT molecular complexity index is 722. The SMILES string of the molecule is COC[C@]12CC[C@H](OC)C34C(NC1)C([C@H](OC)[C@@H]32)C1(O)C[C@H](OC)C2C[C@@H]4[C@@H]1[C@H]2O. The third-order valence-corrected chi connectivity index (χ3v) is 10.8. The van der Waals surface area contributed by atoms with Gasteiger partial charge < -0.3 is 34.5 Å². The van der Waals surface area contributed by atoms with Crippen LogP contribution in [0, 0.1) is 40.4 Å². The largest absolute Gasteiger partial charge is 0.392 e. The number of piperidine rings is 1. The Balaban J connectivity index is 1.60. The van der Waals surface area contributed by atoms with Gasteiger partial charge in [0, 0.05) is 81.9 Å². The molecule has 6 aliphatic rings. The maximum Gasteiger partial charge on any atom is 0.0796 e. The summed E-state index contributed by atoms with van der Waals surface area (Å²) >= 11 is 0. The van der Waals surface area contributed by atoms with Gasteiger partial charge in [0.1, 0.15) is 0 Å². The Hall–Kier alpha value is -0.280. The van der Waals surface area contributed by atoms with Crippen molar-refractivity contribution in [3.63, 3.8) is 0 Å². The van der Waals surface area contributed by atoms with Crippen molar-refractivity contribution in [3.8, 4) is 0 Å². The van der Waals surface area contributed by atoms with Gasteiger partial charge >= 0.3 is 0 Å². The molecule has 1 heterocycles. The van der Waals surface area contributed by atoms with Crippen LogP contribution in [-0.2, 0) is 18.9 Å². The zero-order valence-corrected chi connectivity index (χ0v) is 18.5. The molecule has 3 N–H and O–H groups in total. The summed E-state index contributed by atoms with van der Waals surface area (Å²) in [4.78, 5) is 0. The zero-order chi connectivity index (χ0) is 21.1. The minimum absolute atomic E-state index is 0.0333. The average Bonchev–Trinajstić information content (AvgIpc) is 3.11. The van der Waals surface area contributed by atoms with E-state index in [1.54, 1.807) is 21.3 Å². The number of ether oxygens (including phenoxy) is 4. The predicted octanol–water partition coefficient (Wildman–Crippen LogP) is 0.424. The molecule has 6 fully saturated rings. The Labute approximate surface area is 178 Å². The number of rotatable bonds is 5. The van der Waals surface area contributed by atoms with Crippen LogP contribution in [-0.4, -0.2) is 87.9 Å². The maximum absolute atomic E-state index is 12.4. The normalized spacial score (nSPS) is 62.6. The average molecular weight is 424 g/mol. The van der Waals surface area contributed by atoms with Crippen molar-refractivity contribution < 1.29 is 29.2 Å².